The van der Waals surface area contributed by atoms with E-state index in [0.29, 0.717) is 5.56 Å². The molecule has 0 aliphatic carbocycles. The van der Waals surface area contributed by atoms with Crippen LogP contribution >= 0.6 is 0 Å². The second-order valence-electron chi connectivity index (χ2n) is 4.30. The Morgan fingerprint density at radius 1 is 1.29 bits per heavy atom. The molecule has 1 aromatic carbocycles. The molecule has 0 N–H and O–H groups in total. The third-order valence-electron chi connectivity index (χ3n) is 3.05. The van der Waals surface area contributed by atoms with E-state index in [9.17, 15) is 4.79 Å². The lowest BCUT2D eigenvalue weighted by molar-refractivity contribution is -0.0180. The van der Waals surface area contributed by atoms with Gasteiger partial charge >= 0.3 is 5.97 Å². The summed E-state index contributed by atoms with van der Waals surface area (Å²) in [5, 5.41) is 0. The summed E-state index contributed by atoms with van der Waals surface area (Å²) in [6, 6.07) is 7.65. The molecule has 0 spiro atoms. The van der Waals surface area contributed by atoms with Crippen LogP contribution in [0.1, 0.15) is 42.6 Å². The van der Waals surface area contributed by atoms with Crippen molar-refractivity contribution in [3.8, 4) is 0 Å². The number of esters is 1. The number of benzene rings is 1. The van der Waals surface area contributed by atoms with Gasteiger partial charge in [-0.05, 0) is 25.5 Å². The summed E-state index contributed by atoms with van der Waals surface area (Å²) in [5.74, 6) is 0.0418. The smallest absolute Gasteiger partial charge is 0.338 e. The Bertz CT molecular complexity index is 380. The van der Waals surface area contributed by atoms with Crippen LogP contribution in [0.25, 0.3) is 0 Å². The molecule has 2 nitrogen and oxygen atoms in total. The molecule has 1 atom stereocenters. The van der Waals surface area contributed by atoms with Crippen molar-refractivity contribution in [1.82, 2.24) is 0 Å². The van der Waals surface area contributed by atoms with E-state index in [4.69, 9.17) is 4.74 Å². The highest BCUT2D eigenvalue weighted by atomic mass is 16.6. The number of carbonyl (C=O) groups is 1. The second kappa shape index (κ2) is 2.84. The van der Waals surface area contributed by atoms with Gasteiger partial charge in [0.25, 0.3) is 0 Å². The fourth-order valence-electron chi connectivity index (χ4n) is 1.82. The minimum Gasteiger partial charge on any atom is -0.455 e. The van der Waals surface area contributed by atoms with Crippen molar-refractivity contribution < 1.29 is 9.53 Å². The molecule has 0 radical (unpaired) electrons. The highest BCUT2D eigenvalue weighted by Crippen LogP contribution is 2.37. The van der Waals surface area contributed by atoms with Crippen LogP contribution in [0.5, 0.6) is 0 Å². The van der Waals surface area contributed by atoms with Crippen molar-refractivity contribution in [3.63, 3.8) is 0 Å². The minimum atomic E-state index is -0.397. The molecule has 0 saturated heterocycles. The monoisotopic (exact) mass is 190 g/mol. The Balaban J connectivity index is 2.57. The van der Waals surface area contributed by atoms with Gasteiger partial charge in [0.15, 0.2) is 0 Å². The van der Waals surface area contributed by atoms with Crippen LogP contribution < -0.4 is 0 Å². The average Bonchev–Trinajstić information content (AvgIpc) is 2.14. The summed E-state index contributed by atoms with van der Waals surface area (Å²) in [7, 11) is 0. The van der Waals surface area contributed by atoms with E-state index in [0.717, 1.165) is 5.56 Å². The fraction of sp³-hybridized carbons (Fsp3) is 0.417. The summed E-state index contributed by atoms with van der Waals surface area (Å²) in [5.41, 5.74) is 1.40. The molecule has 1 aliphatic rings. The van der Waals surface area contributed by atoms with Crippen molar-refractivity contribution in [2.75, 3.05) is 0 Å². The highest BCUT2D eigenvalue weighted by Gasteiger charge is 2.38. The molecule has 2 rings (SSSR count). The van der Waals surface area contributed by atoms with E-state index in [1.165, 1.54) is 0 Å². The van der Waals surface area contributed by atoms with Crippen LogP contribution in [0.3, 0.4) is 0 Å². The number of cyclic esters (lactones) is 1. The third kappa shape index (κ3) is 1.22. The fourth-order valence-corrected chi connectivity index (χ4v) is 1.82. The van der Waals surface area contributed by atoms with Crippen LogP contribution in [0.15, 0.2) is 24.3 Å². The lowest BCUT2D eigenvalue weighted by atomic mass is 9.81. The highest BCUT2D eigenvalue weighted by molar-refractivity contribution is 5.92. The average molecular weight is 190 g/mol. The molecule has 0 amide bonds. The van der Waals surface area contributed by atoms with Gasteiger partial charge in [-0.2, -0.15) is 0 Å². The Labute approximate surface area is 83.9 Å². The van der Waals surface area contributed by atoms with Gasteiger partial charge in [0.2, 0.25) is 0 Å². The molecular weight excluding hydrogens is 176 g/mol. The topological polar surface area (TPSA) is 26.3 Å². The van der Waals surface area contributed by atoms with E-state index >= 15 is 0 Å². The van der Waals surface area contributed by atoms with Crippen LogP contribution in [0.4, 0.5) is 0 Å². The third-order valence-corrected chi connectivity index (χ3v) is 3.05. The molecule has 0 aromatic heterocycles. The Kier molecular flexibility index (Phi) is 1.88. The first-order chi connectivity index (χ1) is 6.52. The quantitative estimate of drug-likeness (QED) is 0.588. The summed E-state index contributed by atoms with van der Waals surface area (Å²) in [6.45, 7) is 5.99. The van der Waals surface area contributed by atoms with Crippen molar-refractivity contribution >= 4 is 5.97 Å². The van der Waals surface area contributed by atoms with Crippen LogP contribution in [-0.4, -0.2) is 11.6 Å². The van der Waals surface area contributed by atoms with Gasteiger partial charge < -0.3 is 4.74 Å². The Hall–Kier alpha value is -1.31. The largest absolute Gasteiger partial charge is 0.455 e. The lowest BCUT2D eigenvalue weighted by Gasteiger charge is -2.37. The predicted molar refractivity (Wildman–Crippen MR) is 54.4 cm³/mol. The number of carbonyl (C=O) groups excluding carboxylic acids is 1. The van der Waals surface area contributed by atoms with Crippen LogP contribution in [0, 0.1) is 0 Å². The molecule has 1 heterocycles. The zero-order valence-electron chi connectivity index (χ0n) is 8.70. The SMILES string of the molecule is CC1c2ccccc2C(=O)OC1(C)C. The van der Waals surface area contributed by atoms with E-state index in [1.54, 1.807) is 0 Å². The first-order valence-electron chi connectivity index (χ1n) is 4.84. The van der Waals surface area contributed by atoms with Crippen LogP contribution in [-0.2, 0) is 4.74 Å². The maximum atomic E-state index is 11.6. The van der Waals surface area contributed by atoms with E-state index < -0.39 is 5.60 Å². The number of fused-ring (bicyclic) bond motifs is 1. The second-order valence-corrected chi connectivity index (χ2v) is 4.30. The number of hydrogen-bond donors (Lipinski definition) is 0. The predicted octanol–water partition coefficient (Wildman–Crippen LogP) is 2.74. The summed E-state index contributed by atoms with van der Waals surface area (Å²) < 4.78 is 5.37. The molecule has 14 heavy (non-hydrogen) atoms. The molecule has 0 fully saturated rings. The van der Waals surface area contributed by atoms with Gasteiger partial charge in [-0.1, -0.05) is 25.1 Å². The molecule has 1 aliphatic heterocycles. The molecular formula is C12H14O2. The van der Waals surface area contributed by atoms with Gasteiger partial charge in [-0.15, -0.1) is 0 Å². The molecule has 1 unspecified atom stereocenters. The maximum Gasteiger partial charge on any atom is 0.338 e. The molecule has 2 heteroatoms. The van der Waals surface area contributed by atoms with Gasteiger partial charge in [0.05, 0.1) is 5.56 Å². The van der Waals surface area contributed by atoms with Crippen molar-refractivity contribution in [1.29, 1.82) is 0 Å². The first kappa shape index (κ1) is 9.25. The first-order valence-corrected chi connectivity index (χ1v) is 4.84. The maximum absolute atomic E-state index is 11.6. The molecule has 0 saturated carbocycles. The Morgan fingerprint density at radius 3 is 2.64 bits per heavy atom. The number of hydrogen-bond acceptors (Lipinski definition) is 2. The molecule has 74 valence electrons. The van der Waals surface area contributed by atoms with Crippen LogP contribution in [0.2, 0.25) is 0 Å². The van der Waals surface area contributed by atoms with Crippen molar-refractivity contribution in [2.45, 2.75) is 32.3 Å². The molecule has 1 aromatic rings. The summed E-state index contributed by atoms with van der Waals surface area (Å²) in [4.78, 5) is 11.6. The van der Waals surface area contributed by atoms with Crippen molar-refractivity contribution in [3.05, 3.63) is 35.4 Å². The standard InChI is InChI=1S/C12H14O2/c1-8-9-6-4-5-7-10(9)11(13)14-12(8,2)3/h4-8H,1-3H3. The van der Waals surface area contributed by atoms with Gasteiger partial charge in [0, 0.05) is 5.92 Å². The van der Waals surface area contributed by atoms with E-state index in [-0.39, 0.29) is 11.9 Å². The summed E-state index contributed by atoms with van der Waals surface area (Å²) >= 11 is 0. The van der Waals surface area contributed by atoms with Gasteiger partial charge in [0.1, 0.15) is 5.60 Å². The lowest BCUT2D eigenvalue weighted by Crippen LogP contribution is -2.38. The number of rotatable bonds is 0. The minimum absolute atomic E-state index is 0.205. The zero-order valence-corrected chi connectivity index (χ0v) is 8.70. The van der Waals surface area contributed by atoms with E-state index in [1.807, 2.05) is 38.1 Å². The Morgan fingerprint density at radius 2 is 1.93 bits per heavy atom. The van der Waals surface area contributed by atoms with Gasteiger partial charge in [-0.3, -0.25) is 0 Å². The normalized spacial score (nSPS) is 23.9. The molecule has 0 bridgehead atoms. The number of ether oxygens (including phenoxy) is 1. The summed E-state index contributed by atoms with van der Waals surface area (Å²) in [6.07, 6.45) is 0. The van der Waals surface area contributed by atoms with E-state index in [2.05, 4.69) is 6.92 Å². The zero-order chi connectivity index (χ0) is 10.3. The van der Waals surface area contributed by atoms with Gasteiger partial charge in [-0.25, -0.2) is 4.79 Å². The van der Waals surface area contributed by atoms with Crippen molar-refractivity contribution in [2.24, 2.45) is 0 Å².